The number of carbonyl (C=O) groups is 2. The van der Waals surface area contributed by atoms with Gasteiger partial charge >= 0.3 is 0 Å². The van der Waals surface area contributed by atoms with Crippen molar-refractivity contribution >= 4 is 23.4 Å². The van der Waals surface area contributed by atoms with Crippen LogP contribution >= 0.6 is 11.6 Å². The Labute approximate surface area is 159 Å². The fourth-order valence-electron chi connectivity index (χ4n) is 2.46. The van der Waals surface area contributed by atoms with Gasteiger partial charge in [0.05, 0.1) is 10.6 Å². The summed E-state index contributed by atoms with van der Waals surface area (Å²) in [6, 6.07) is 14.2. The van der Waals surface area contributed by atoms with Gasteiger partial charge in [-0.3, -0.25) is 9.59 Å². The Hall–Kier alpha value is -2.37. The van der Waals surface area contributed by atoms with Crippen LogP contribution in [0.15, 0.2) is 48.5 Å². The lowest BCUT2D eigenvalue weighted by Crippen LogP contribution is -2.44. The second-order valence-corrected chi connectivity index (χ2v) is 6.85. The number of halogens is 1. The molecule has 0 radical (unpaired) electrons. The summed E-state index contributed by atoms with van der Waals surface area (Å²) in [5.74, 6) is -0.617. The number of nitrogens with one attached hydrogen (secondary N) is 2. The molecule has 0 heterocycles. The van der Waals surface area contributed by atoms with Crippen LogP contribution in [0.5, 0.6) is 0 Å². The van der Waals surface area contributed by atoms with Crippen LogP contribution in [-0.4, -0.2) is 36.9 Å². The molecule has 2 amide bonds. The van der Waals surface area contributed by atoms with Gasteiger partial charge in [0.2, 0.25) is 5.91 Å². The Morgan fingerprint density at radius 3 is 2.27 bits per heavy atom. The van der Waals surface area contributed by atoms with Gasteiger partial charge < -0.3 is 15.5 Å². The number of carbonyl (C=O) groups excluding carboxylic acids is 2. The molecule has 1 atom stereocenters. The fraction of sp³-hybridized carbons (Fsp3) is 0.300. The molecule has 0 saturated carbocycles. The molecule has 5 nitrogen and oxygen atoms in total. The molecule has 0 saturated heterocycles. The summed E-state index contributed by atoms with van der Waals surface area (Å²) < 4.78 is 0. The van der Waals surface area contributed by atoms with Crippen molar-refractivity contribution in [1.29, 1.82) is 0 Å². The van der Waals surface area contributed by atoms with Crippen LogP contribution in [0.25, 0.3) is 0 Å². The molecule has 26 heavy (non-hydrogen) atoms. The lowest BCUT2D eigenvalue weighted by molar-refractivity contribution is -0.122. The van der Waals surface area contributed by atoms with Gasteiger partial charge in [-0.15, -0.1) is 0 Å². The summed E-state index contributed by atoms with van der Waals surface area (Å²) >= 11 is 6.00. The number of hydrogen-bond acceptors (Lipinski definition) is 3. The Kier molecular flexibility index (Phi) is 7.18. The topological polar surface area (TPSA) is 61.4 Å². The minimum Gasteiger partial charge on any atom is -0.350 e. The number of benzene rings is 2. The van der Waals surface area contributed by atoms with Gasteiger partial charge in [-0.25, -0.2) is 0 Å². The van der Waals surface area contributed by atoms with Gasteiger partial charge in [0, 0.05) is 13.1 Å². The van der Waals surface area contributed by atoms with E-state index in [1.54, 1.807) is 31.2 Å². The van der Waals surface area contributed by atoms with Crippen molar-refractivity contribution < 1.29 is 9.59 Å². The normalized spacial score (nSPS) is 11.9. The lowest BCUT2D eigenvalue weighted by Gasteiger charge is -2.15. The quantitative estimate of drug-likeness (QED) is 0.784. The van der Waals surface area contributed by atoms with Crippen molar-refractivity contribution in [3.05, 3.63) is 70.2 Å². The second kappa shape index (κ2) is 9.36. The third-order valence-electron chi connectivity index (χ3n) is 3.85. The third kappa shape index (κ3) is 5.86. The van der Waals surface area contributed by atoms with E-state index in [2.05, 4.69) is 15.5 Å². The van der Waals surface area contributed by atoms with Crippen LogP contribution in [0.4, 0.5) is 0 Å². The number of hydrogen-bond donors (Lipinski definition) is 2. The van der Waals surface area contributed by atoms with E-state index >= 15 is 0 Å². The highest BCUT2D eigenvalue weighted by atomic mass is 35.5. The maximum Gasteiger partial charge on any atom is 0.253 e. The molecule has 0 aliphatic heterocycles. The average Bonchev–Trinajstić information content (AvgIpc) is 2.60. The molecule has 2 rings (SSSR count). The highest BCUT2D eigenvalue weighted by Gasteiger charge is 2.17. The standard InChI is InChI=1S/C20H24ClN3O2/c1-14(23-20(26)17-6-4-5-7-18(17)21)19(25)22-12-15-8-10-16(11-9-15)13-24(2)3/h4-11,14H,12-13H2,1-3H3,(H,22,25)(H,23,26)/t14-/m0/s1. The summed E-state index contributed by atoms with van der Waals surface area (Å²) in [7, 11) is 4.04. The van der Waals surface area contributed by atoms with Gasteiger partial charge in [-0.05, 0) is 44.3 Å². The lowest BCUT2D eigenvalue weighted by atomic mass is 10.1. The maximum atomic E-state index is 12.2. The Bertz CT molecular complexity index is 760. The molecule has 2 aromatic rings. The van der Waals surface area contributed by atoms with E-state index in [9.17, 15) is 9.59 Å². The van der Waals surface area contributed by atoms with E-state index in [4.69, 9.17) is 11.6 Å². The van der Waals surface area contributed by atoms with Gasteiger partial charge in [0.1, 0.15) is 6.04 Å². The highest BCUT2D eigenvalue weighted by Crippen LogP contribution is 2.14. The Morgan fingerprint density at radius 1 is 1.04 bits per heavy atom. The van der Waals surface area contributed by atoms with E-state index in [1.165, 1.54) is 5.56 Å². The number of rotatable bonds is 7. The summed E-state index contributed by atoms with van der Waals surface area (Å²) in [4.78, 5) is 26.5. The van der Waals surface area contributed by atoms with Gasteiger partial charge in [-0.1, -0.05) is 48.0 Å². The fourth-order valence-corrected chi connectivity index (χ4v) is 2.68. The predicted octanol–water partition coefficient (Wildman–Crippen LogP) is 2.84. The van der Waals surface area contributed by atoms with Crippen LogP contribution in [0, 0.1) is 0 Å². The number of amides is 2. The zero-order valence-electron chi connectivity index (χ0n) is 15.3. The van der Waals surface area contributed by atoms with Crippen molar-refractivity contribution in [2.45, 2.75) is 26.1 Å². The van der Waals surface area contributed by atoms with E-state index in [1.807, 2.05) is 38.4 Å². The Balaban J connectivity index is 1.85. The third-order valence-corrected chi connectivity index (χ3v) is 4.18. The smallest absolute Gasteiger partial charge is 0.253 e. The van der Waals surface area contributed by atoms with E-state index in [-0.39, 0.29) is 11.8 Å². The molecule has 2 N–H and O–H groups in total. The minimum atomic E-state index is -0.660. The van der Waals surface area contributed by atoms with Gasteiger partial charge in [0.15, 0.2) is 0 Å². The molecule has 0 aliphatic carbocycles. The first kappa shape index (κ1) is 19.9. The molecule has 0 aliphatic rings. The van der Waals surface area contributed by atoms with Crippen molar-refractivity contribution in [3.63, 3.8) is 0 Å². The first-order chi connectivity index (χ1) is 12.4. The van der Waals surface area contributed by atoms with Crippen molar-refractivity contribution in [2.75, 3.05) is 14.1 Å². The summed E-state index contributed by atoms with van der Waals surface area (Å²) in [5, 5.41) is 5.85. The van der Waals surface area contributed by atoms with Crippen LogP contribution < -0.4 is 10.6 Å². The molecule has 0 spiro atoms. The van der Waals surface area contributed by atoms with E-state index < -0.39 is 6.04 Å². The molecular weight excluding hydrogens is 350 g/mol. The zero-order chi connectivity index (χ0) is 19.1. The van der Waals surface area contributed by atoms with E-state index in [0.717, 1.165) is 12.1 Å². The highest BCUT2D eigenvalue weighted by molar-refractivity contribution is 6.33. The van der Waals surface area contributed by atoms with Crippen LogP contribution in [0.2, 0.25) is 5.02 Å². The molecular formula is C20H24ClN3O2. The monoisotopic (exact) mass is 373 g/mol. The maximum absolute atomic E-state index is 12.2. The molecule has 0 unspecified atom stereocenters. The minimum absolute atomic E-state index is 0.247. The summed E-state index contributed by atoms with van der Waals surface area (Å²) in [6.45, 7) is 2.93. The SMILES string of the molecule is C[C@H](NC(=O)c1ccccc1Cl)C(=O)NCc1ccc(CN(C)C)cc1. The first-order valence-corrected chi connectivity index (χ1v) is 8.80. The molecule has 138 valence electrons. The van der Waals surface area contributed by atoms with Gasteiger partial charge in [0.25, 0.3) is 5.91 Å². The number of nitrogens with zero attached hydrogens (tertiary/aromatic N) is 1. The predicted molar refractivity (Wildman–Crippen MR) is 104 cm³/mol. The van der Waals surface area contributed by atoms with Crippen molar-refractivity contribution in [3.8, 4) is 0 Å². The van der Waals surface area contributed by atoms with Gasteiger partial charge in [-0.2, -0.15) is 0 Å². The molecule has 6 heteroatoms. The molecule has 2 aromatic carbocycles. The summed E-state index contributed by atoms with van der Waals surface area (Å²) in [6.07, 6.45) is 0. The van der Waals surface area contributed by atoms with Crippen LogP contribution in [0.1, 0.15) is 28.4 Å². The second-order valence-electron chi connectivity index (χ2n) is 6.45. The zero-order valence-corrected chi connectivity index (χ0v) is 16.0. The molecule has 0 bridgehead atoms. The first-order valence-electron chi connectivity index (χ1n) is 8.42. The van der Waals surface area contributed by atoms with E-state index in [0.29, 0.717) is 17.1 Å². The summed E-state index contributed by atoms with van der Waals surface area (Å²) in [5.41, 5.74) is 2.57. The van der Waals surface area contributed by atoms with Crippen molar-refractivity contribution in [2.24, 2.45) is 0 Å². The Morgan fingerprint density at radius 2 is 1.65 bits per heavy atom. The largest absolute Gasteiger partial charge is 0.350 e. The van der Waals surface area contributed by atoms with Crippen molar-refractivity contribution in [1.82, 2.24) is 15.5 Å². The molecule has 0 fully saturated rings. The van der Waals surface area contributed by atoms with Crippen LogP contribution in [0.3, 0.4) is 0 Å². The molecule has 0 aromatic heterocycles. The van der Waals surface area contributed by atoms with Crippen LogP contribution in [-0.2, 0) is 17.9 Å². The average molecular weight is 374 g/mol.